The third-order valence-electron chi connectivity index (χ3n) is 9.84. The van der Waals surface area contributed by atoms with Crippen LogP contribution >= 0.6 is 0 Å². The summed E-state index contributed by atoms with van der Waals surface area (Å²) in [6, 6.07) is 7.83. The molecule has 5 fully saturated rings. The van der Waals surface area contributed by atoms with Crippen LogP contribution in [0.3, 0.4) is 0 Å². The van der Waals surface area contributed by atoms with Crippen LogP contribution in [-0.2, 0) is 14.3 Å². The first-order valence-electron chi connectivity index (χ1n) is 15.0. The number of alkyl halides is 1. The number of nitrogens with one attached hydrogen (secondary N) is 1. The molecule has 2 saturated carbocycles. The average Bonchev–Trinajstić information content (AvgIpc) is 3.30. The second-order valence-corrected chi connectivity index (χ2v) is 12.4. The van der Waals surface area contributed by atoms with Crippen LogP contribution in [0.2, 0.25) is 0 Å². The maximum Gasteiger partial charge on any atom is 0.253 e. The van der Waals surface area contributed by atoms with Gasteiger partial charge in [-0.1, -0.05) is 44.2 Å². The Labute approximate surface area is 230 Å². The molecule has 8 nitrogen and oxygen atoms in total. The molecule has 2 aliphatic carbocycles. The van der Waals surface area contributed by atoms with Crippen LogP contribution in [0, 0.1) is 5.92 Å². The summed E-state index contributed by atoms with van der Waals surface area (Å²) >= 11 is 0. The molecular formula is C30H43FN4O4. The Morgan fingerprint density at radius 2 is 1.54 bits per heavy atom. The van der Waals surface area contributed by atoms with Gasteiger partial charge in [0.2, 0.25) is 5.91 Å². The molecule has 39 heavy (non-hydrogen) atoms. The number of carbonyl (C=O) groups is 2. The SMILES string of the molecule is NC1(C(=O)N2CCN(C(=O)c3ccc(C4NC5CCC(F)CC5(C5CCCCCCC5)O4)cc3)CC2)COC1. The molecule has 1 aromatic rings. The Morgan fingerprint density at radius 3 is 2.18 bits per heavy atom. The molecular weight excluding hydrogens is 499 g/mol. The monoisotopic (exact) mass is 542 g/mol. The molecule has 0 aromatic heterocycles. The van der Waals surface area contributed by atoms with Gasteiger partial charge in [0.05, 0.1) is 18.8 Å². The normalized spacial score (nSPS) is 33.5. The van der Waals surface area contributed by atoms with E-state index in [1.165, 1.54) is 32.1 Å². The first-order valence-corrected chi connectivity index (χ1v) is 15.0. The van der Waals surface area contributed by atoms with E-state index in [4.69, 9.17) is 15.2 Å². The molecule has 4 atom stereocenters. The van der Waals surface area contributed by atoms with E-state index >= 15 is 0 Å². The van der Waals surface area contributed by atoms with Gasteiger partial charge in [-0.25, -0.2) is 4.39 Å². The summed E-state index contributed by atoms with van der Waals surface area (Å²) < 4.78 is 26.8. The molecule has 214 valence electrons. The van der Waals surface area contributed by atoms with Crippen molar-refractivity contribution in [1.29, 1.82) is 0 Å². The van der Waals surface area contributed by atoms with Crippen LogP contribution < -0.4 is 11.1 Å². The third kappa shape index (κ3) is 5.23. The largest absolute Gasteiger partial charge is 0.376 e. The van der Waals surface area contributed by atoms with Crippen LogP contribution in [-0.4, -0.2) is 84.4 Å². The number of piperazine rings is 1. The molecule has 3 saturated heterocycles. The summed E-state index contributed by atoms with van der Waals surface area (Å²) in [7, 11) is 0. The quantitative estimate of drug-likeness (QED) is 0.606. The van der Waals surface area contributed by atoms with Gasteiger partial charge >= 0.3 is 0 Å². The zero-order chi connectivity index (χ0) is 27.0. The minimum absolute atomic E-state index is 0.0386. The maximum absolute atomic E-state index is 14.8. The molecule has 9 heteroatoms. The van der Waals surface area contributed by atoms with Gasteiger partial charge in [0.25, 0.3) is 5.91 Å². The van der Waals surface area contributed by atoms with E-state index in [9.17, 15) is 14.0 Å². The van der Waals surface area contributed by atoms with E-state index in [0.29, 0.717) is 50.5 Å². The summed E-state index contributed by atoms with van der Waals surface area (Å²) in [6.07, 6.45) is 9.24. The molecule has 1 aromatic carbocycles. The van der Waals surface area contributed by atoms with Crippen molar-refractivity contribution in [3.63, 3.8) is 0 Å². The average molecular weight is 543 g/mol. The van der Waals surface area contributed by atoms with Crippen LogP contribution in [0.1, 0.15) is 86.4 Å². The fourth-order valence-electron chi connectivity index (χ4n) is 7.49. The Morgan fingerprint density at radius 1 is 0.897 bits per heavy atom. The fourth-order valence-corrected chi connectivity index (χ4v) is 7.49. The Bertz CT molecular complexity index is 1030. The lowest BCUT2D eigenvalue weighted by Gasteiger charge is -2.45. The van der Waals surface area contributed by atoms with Crippen molar-refractivity contribution in [1.82, 2.24) is 15.1 Å². The number of fused-ring (bicyclic) bond motifs is 1. The van der Waals surface area contributed by atoms with E-state index in [1.54, 1.807) is 9.80 Å². The topological polar surface area (TPSA) is 97.1 Å². The minimum Gasteiger partial charge on any atom is -0.376 e. The highest BCUT2D eigenvalue weighted by atomic mass is 19.1. The van der Waals surface area contributed by atoms with E-state index < -0.39 is 17.3 Å². The lowest BCUT2D eigenvalue weighted by atomic mass is 9.68. The molecule has 5 aliphatic rings. The highest BCUT2D eigenvalue weighted by molar-refractivity contribution is 5.94. The predicted molar refractivity (Wildman–Crippen MR) is 145 cm³/mol. The van der Waals surface area contributed by atoms with E-state index in [1.807, 2.05) is 24.3 Å². The number of hydrogen-bond donors (Lipinski definition) is 2. The molecule has 2 amide bonds. The van der Waals surface area contributed by atoms with Crippen LogP contribution in [0.5, 0.6) is 0 Å². The van der Waals surface area contributed by atoms with Crippen molar-refractivity contribution in [2.45, 2.75) is 93.8 Å². The Kier molecular flexibility index (Phi) is 7.70. The summed E-state index contributed by atoms with van der Waals surface area (Å²) in [6.45, 7) is 2.42. The number of ether oxygens (including phenoxy) is 2. The highest BCUT2D eigenvalue weighted by Gasteiger charge is 2.56. The van der Waals surface area contributed by atoms with Gasteiger partial charge in [0.15, 0.2) is 0 Å². The lowest BCUT2D eigenvalue weighted by Crippen LogP contribution is -2.68. The molecule has 0 spiro atoms. The number of amides is 2. The lowest BCUT2D eigenvalue weighted by molar-refractivity contribution is -0.155. The fraction of sp³-hybridized carbons (Fsp3) is 0.733. The zero-order valence-electron chi connectivity index (χ0n) is 22.9. The number of nitrogens with two attached hydrogens (primary N) is 1. The minimum atomic E-state index is -0.908. The van der Waals surface area contributed by atoms with Crippen molar-refractivity contribution in [2.24, 2.45) is 11.7 Å². The summed E-state index contributed by atoms with van der Waals surface area (Å²) in [5, 5.41) is 3.71. The summed E-state index contributed by atoms with van der Waals surface area (Å²) in [5.74, 6) is 0.255. The van der Waals surface area contributed by atoms with Crippen molar-refractivity contribution in [3.8, 4) is 0 Å². The Hall–Kier alpha value is -2.07. The number of rotatable bonds is 4. The van der Waals surface area contributed by atoms with Gasteiger partial charge in [0.1, 0.15) is 17.9 Å². The third-order valence-corrected chi connectivity index (χ3v) is 9.84. The summed E-state index contributed by atoms with van der Waals surface area (Å²) in [5.41, 5.74) is 6.35. The van der Waals surface area contributed by atoms with Gasteiger partial charge in [-0.2, -0.15) is 0 Å². The van der Waals surface area contributed by atoms with Crippen LogP contribution in [0.25, 0.3) is 0 Å². The first-order chi connectivity index (χ1) is 18.9. The van der Waals surface area contributed by atoms with Crippen molar-refractivity contribution < 1.29 is 23.5 Å². The van der Waals surface area contributed by atoms with Crippen molar-refractivity contribution in [3.05, 3.63) is 35.4 Å². The van der Waals surface area contributed by atoms with Gasteiger partial charge in [-0.15, -0.1) is 0 Å². The van der Waals surface area contributed by atoms with Crippen LogP contribution in [0.15, 0.2) is 24.3 Å². The second kappa shape index (κ2) is 11.1. The highest BCUT2D eigenvalue weighted by Crippen LogP contribution is 2.50. The standard InChI is InChI=1S/C30H43FN4O4/c31-24-12-13-25-30(18-24,23-6-4-2-1-3-5-7-23)39-26(33-25)21-8-10-22(11-9-21)27(36)34-14-16-35(17-15-34)28(37)29(32)19-38-20-29/h8-11,23-26,33H,1-7,12-20,32H2. The van der Waals surface area contributed by atoms with Gasteiger partial charge < -0.3 is 25.0 Å². The Balaban J connectivity index is 1.10. The molecule has 3 heterocycles. The van der Waals surface area contributed by atoms with E-state index in [2.05, 4.69) is 5.32 Å². The summed E-state index contributed by atoms with van der Waals surface area (Å²) in [4.78, 5) is 29.4. The van der Waals surface area contributed by atoms with E-state index in [-0.39, 0.29) is 37.3 Å². The van der Waals surface area contributed by atoms with Gasteiger partial charge in [-0.05, 0) is 49.3 Å². The maximum atomic E-state index is 14.8. The predicted octanol–water partition coefficient (Wildman–Crippen LogP) is 3.31. The smallest absolute Gasteiger partial charge is 0.253 e. The number of benzene rings is 1. The molecule has 3 aliphatic heterocycles. The van der Waals surface area contributed by atoms with E-state index in [0.717, 1.165) is 24.8 Å². The number of hydrogen-bond acceptors (Lipinski definition) is 6. The van der Waals surface area contributed by atoms with Crippen LogP contribution in [0.4, 0.5) is 4.39 Å². The molecule has 6 rings (SSSR count). The molecule has 0 bridgehead atoms. The molecule has 4 unspecified atom stereocenters. The van der Waals surface area contributed by atoms with Gasteiger partial charge in [0, 0.05) is 44.2 Å². The van der Waals surface area contributed by atoms with Gasteiger partial charge in [-0.3, -0.25) is 14.9 Å². The number of halogens is 1. The molecule has 0 radical (unpaired) electrons. The zero-order valence-corrected chi connectivity index (χ0v) is 22.9. The van der Waals surface area contributed by atoms with Crippen molar-refractivity contribution in [2.75, 3.05) is 39.4 Å². The molecule has 3 N–H and O–H groups in total. The first kappa shape index (κ1) is 27.1. The van der Waals surface area contributed by atoms with Crippen molar-refractivity contribution >= 4 is 11.8 Å². The number of nitrogens with zero attached hydrogens (tertiary/aromatic N) is 2. The second-order valence-electron chi connectivity index (χ2n) is 12.4. The number of carbonyl (C=O) groups excluding carboxylic acids is 2.